The van der Waals surface area contributed by atoms with Gasteiger partial charge in [0.05, 0.1) is 23.5 Å². The van der Waals surface area contributed by atoms with E-state index in [9.17, 15) is 4.79 Å². The van der Waals surface area contributed by atoms with Crippen molar-refractivity contribution in [2.45, 2.75) is 25.9 Å². The zero-order valence-electron chi connectivity index (χ0n) is 18.6. The number of fused-ring (bicyclic) bond motifs is 1. The molecule has 0 unspecified atom stereocenters. The second-order valence-electron chi connectivity index (χ2n) is 7.93. The highest BCUT2D eigenvalue weighted by Crippen LogP contribution is 2.36. The van der Waals surface area contributed by atoms with Gasteiger partial charge in [0.25, 0.3) is 5.91 Å². The summed E-state index contributed by atoms with van der Waals surface area (Å²) in [4.78, 5) is 29.4. The van der Waals surface area contributed by atoms with Crippen molar-refractivity contribution in [2.75, 3.05) is 45.7 Å². The van der Waals surface area contributed by atoms with Crippen LogP contribution in [-0.4, -0.2) is 72.3 Å². The smallest absolute Gasteiger partial charge is 0.261 e. The van der Waals surface area contributed by atoms with Crippen LogP contribution in [0, 0.1) is 6.92 Å². The lowest BCUT2D eigenvalue weighted by Crippen LogP contribution is -2.31. The Morgan fingerprint density at radius 1 is 1.28 bits per heavy atom. The molecule has 10 heteroatoms. The monoisotopic (exact) mass is 456 g/mol. The Kier molecular flexibility index (Phi) is 7.13. The van der Waals surface area contributed by atoms with E-state index in [0.717, 1.165) is 40.9 Å². The van der Waals surface area contributed by atoms with Crippen LogP contribution in [0.2, 0.25) is 0 Å². The molecule has 1 saturated heterocycles. The van der Waals surface area contributed by atoms with E-state index in [1.807, 2.05) is 38.1 Å². The van der Waals surface area contributed by atoms with Crippen LogP contribution in [0.15, 0.2) is 24.7 Å². The summed E-state index contributed by atoms with van der Waals surface area (Å²) in [5, 5.41) is 7.16. The number of ether oxygens (including phenoxy) is 2. The average Bonchev–Trinajstić information content (AvgIpc) is 3.13. The first-order valence-electron chi connectivity index (χ1n) is 10.7. The number of nitrogens with one attached hydrogen (secondary N) is 2. The summed E-state index contributed by atoms with van der Waals surface area (Å²) >= 11 is 1.37. The maximum atomic E-state index is 12.7. The van der Waals surface area contributed by atoms with Gasteiger partial charge < -0.3 is 25.0 Å². The number of thiophene rings is 1. The van der Waals surface area contributed by atoms with E-state index >= 15 is 0 Å². The Morgan fingerprint density at radius 2 is 2.09 bits per heavy atom. The predicted octanol–water partition coefficient (Wildman–Crippen LogP) is 2.99. The van der Waals surface area contributed by atoms with Gasteiger partial charge in [-0.2, -0.15) is 0 Å². The van der Waals surface area contributed by atoms with E-state index in [4.69, 9.17) is 9.47 Å². The number of hydrogen-bond acceptors (Lipinski definition) is 9. The van der Waals surface area contributed by atoms with Crippen molar-refractivity contribution < 1.29 is 14.3 Å². The first kappa shape index (κ1) is 22.4. The lowest BCUT2D eigenvalue weighted by Gasteiger charge is -2.23. The summed E-state index contributed by atoms with van der Waals surface area (Å²) in [7, 11) is 3.95. The van der Waals surface area contributed by atoms with Gasteiger partial charge in [0.15, 0.2) is 0 Å². The highest BCUT2D eigenvalue weighted by molar-refractivity contribution is 7.20. The molecule has 170 valence electrons. The second-order valence-corrected chi connectivity index (χ2v) is 8.93. The molecule has 0 bridgehead atoms. The normalized spacial score (nSPS) is 14.6. The fourth-order valence-corrected chi connectivity index (χ4v) is 4.58. The van der Waals surface area contributed by atoms with E-state index in [1.54, 1.807) is 6.20 Å². The molecule has 0 saturated carbocycles. The first-order valence-corrected chi connectivity index (χ1v) is 11.5. The first-order chi connectivity index (χ1) is 15.5. The van der Waals surface area contributed by atoms with Crippen LogP contribution < -0.4 is 15.4 Å². The van der Waals surface area contributed by atoms with Crippen molar-refractivity contribution in [3.63, 3.8) is 0 Å². The van der Waals surface area contributed by atoms with Gasteiger partial charge >= 0.3 is 0 Å². The third kappa shape index (κ3) is 5.14. The van der Waals surface area contributed by atoms with Gasteiger partial charge in [-0.05, 0) is 38.7 Å². The van der Waals surface area contributed by atoms with Crippen LogP contribution >= 0.6 is 11.3 Å². The minimum Gasteiger partial charge on any atom is -0.473 e. The van der Waals surface area contributed by atoms with Crippen molar-refractivity contribution in [2.24, 2.45) is 0 Å². The number of nitrogens with zero attached hydrogens (tertiary/aromatic N) is 4. The Labute approximate surface area is 191 Å². The van der Waals surface area contributed by atoms with Crippen LogP contribution in [0.3, 0.4) is 0 Å². The number of anilines is 2. The number of carbonyl (C=O) groups excluding carboxylic acids is 1. The number of aromatic nitrogens is 3. The SMILES string of the molecule is Cc1c(C(=O)NCCN(C)C)sc2ncnc(Nc3cccnc3OC3CCOCC3)c12. The van der Waals surface area contributed by atoms with Gasteiger partial charge in [-0.25, -0.2) is 15.0 Å². The maximum Gasteiger partial charge on any atom is 0.261 e. The molecule has 1 aliphatic rings. The number of likely N-dealkylation sites (N-methyl/N-ethyl adjacent to an activating group) is 1. The largest absolute Gasteiger partial charge is 0.473 e. The molecule has 4 rings (SSSR count). The molecule has 3 aromatic heterocycles. The number of hydrogen-bond donors (Lipinski definition) is 2. The lowest BCUT2D eigenvalue weighted by atomic mass is 10.1. The highest BCUT2D eigenvalue weighted by Gasteiger charge is 2.21. The minimum atomic E-state index is -0.0942. The lowest BCUT2D eigenvalue weighted by molar-refractivity contribution is 0.0240. The molecule has 32 heavy (non-hydrogen) atoms. The molecule has 1 amide bonds. The molecule has 2 N–H and O–H groups in total. The highest BCUT2D eigenvalue weighted by atomic mass is 32.1. The third-order valence-corrected chi connectivity index (χ3v) is 6.45. The quantitative estimate of drug-likeness (QED) is 0.533. The van der Waals surface area contributed by atoms with Gasteiger partial charge in [-0.1, -0.05) is 0 Å². The molecule has 1 aliphatic heterocycles. The maximum absolute atomic E-state index is 12.7. The topological polar surface area (TPSA) is 102 Å². The number of carbonyl (C=O) groups is 1. The van der Waals surface area contributed by atoms with Crippen molar-refractivity contribution in [3.8, 4) is 5.88 Å². The summed E-state index contributed by atoms with van der Waals surface area (Å²) in [6.07, 6.45) is 4.96. The zero-order chi connectivity index (χ0) is 22.5. The molecule has 1 fully saturated rings. The Hall–Kier alpha value is -2.82. The summed E-state index contributed by atoms with van der Waals surface area (Å²) in [5.41, 5.74) is 1.58. The molecule has 0 atom stereocenters. The molecule has 4 heterocycles. The average molecular weight is 457 g/mol. The Morgan fingerprint density at radius 3 is 2.88 bits per heavy atom. The Bertz CT molecular complexity index is 1080. The summed E-state index contributed by atoms with van der Waals surface area (Å²) in [6.45, 7) is 4.68. The van der Waals surface area contributed by atoms with Crippen molar-refractivity contribution in [1.29, 1.82) is 0 Å². The van der Waals surface area contributed by atoms with Gasteiger partial charge in [-0.15, -0.1) is 11.3 Å². The standard InChI is InChI=1S/C22H28N6O3S/c1-14-17-19(25-13-26-22(17)32-18(14)20(29)23-9-10-28(2)3)27-16-5-4-8-24-21(16)31-15-6-11-30-12-7-15/h4-5,8,13,15H,6-7,9-12H2,1-3H3,(H,23,29)(H,25,26,27). The molecule has 9 nitrogen and oxygen atoms in total. The summed E-state index contributed by atoms with van der Waals surface area (Å²) < 4.78 is 11.6. The number of pyridine rings is 1. The van der Waals surface area contributed by atoms with Crippen LogP contribution in [0.4, 0.5) is 11.5 Å². The number of amides is 1. The van der Waals surface area contributed by atoms with Crippen LogP contribution in [0.5, 0.6) is 5.88 Å². The predicted molar refractivity (Wildman–Crippen MR) is 125 cm³/mol. The molecule has 0 aliphatic carbocycles. The van der Waals surface area contributed by atoms with Gasteiger partial charge in [-0.3, -0.25) is 4.79 Å². The van der Waals surface area contributed by atoms with E-state index in [1.165, 1.54) is 17.7 Å². The van der Waals surface area contributed by atoms with E-state index < -0.39 is 0 Å². The fraction of sp³-hybridized carbons (Fsp3) is 0.455. The van der Waals surface area contributed by atoms with E-state index in [-0.39, 0.29) is 12.0 Å². The van der Waals surface area contributed by atoms with Gasteiger partial charge in [0, 0.05) is 32.1 Å². The van der Waals surface area contributed by atoms with E-state index in [0.29, 0.717) is 36.3 Å². The van der Waals surface area contributed by atoms with Gasteiger partial charge in [0.2, 0.25) is 5.88 Å². The second kappa shape index (κ2) is 10.2. The van der Waals surface area contributed by atoms with Crippen LogP contribution in [-0.2, 0) is 4.74 Å². The number of rotatable bonds is 8. The van der Waals surface area contributed by atoms with Gasteiger partial charge in [0.1, 0.15) is 28.8 Å². The Balaban J connectivity index is 1.58. The van der Waals surface area contributed by atoms with E-state index in [2.05, 4.69) is 25.6 Å². The fourth-order valence-electron chi connectivity index (χ4n) is 3.52. The van der Waals surface area contributed by atoms with Crippen molar-refractivity contribution in [1.82, 2.24) is 25.2 Å². The molecular formula is C22H28N6O3S. The molecule has 3 aromatic rings. The van der Waals surface area contributed by atoms with Crippen molar-refractivity contribution >= 4 is 39.0 Å². The van der Waals surface area contributed by atoms with Crippen molar-refractivity contribution in [3.05, 3.63) is 35.1 Å². The van der Waals surface area contributed by atoms with Crippen LogP contribution in [0.25, 0.3) is 10.2 Å². The summed E-state index contributed by atoms with van der Waals surface area (Å²) in [5.74, 6) is 1.06. The summed E-state index contributed by atoms with van der Waals surface area (Å²) in [6, 6.07) is 3.76. The van der Waals surface area contributed by atoms with Crippen LogP contribution in [0.1, 0.15) is 28.1 Å². The number of aryl methyl sites for hydroxylation is 1. The molecule has 0 aromatic carbocycles. The third-order valence-electron chi connectivity index (χ3n) is 5.25. The molecule has 0 spiro atoms. The molecular weight excluding hydrogens is 428 g/mol. The zero-order valence-corrected chi connectivity index (χ0v) is 19.4. The molecule has 0 radical (unpaired) electrons. The minimum absolute atomic E-state index is 0.0740.